The first-order valence-electron chi connectivity index (χ1n) is 5.61. The molecule has 0 aliphatic rings. The van der Waals surface area contributed by atoms with E-state index < -0.39 is 0 Å². The molecule has 0 fully saturated rings. The van der Waals surface area contributed by atoms with Crippen LogP contribution in [0.15, 0.2) is 45.3 Å². The third-order valence-corrected chi connectivity index (χ3v) is 3.75. The Labute approximate surface area is 129 Å². The maximum atomic E-state index is 5.94. The summed E-state index contributed by atoms with van der Waals surface area (Å²) in [4.78, 5) is 0. The number of nitrogens with two attached hydrogens (primary N) is 1. The summed E-state index contributed by atoms with van der Waals surface area (Å²) >= 11 is 6.83. The zero-order chi connectivity index (χ0) is 13.8. The van der Waals surface area contributed by atoms with Gasteiger partial charge in [0.05, 0.1) is 11.6 Å². The summed E-state index contributed by atoms with van der Waals surface area (Å²) in [6.45, 7) is 0.387. The Morgan fingerprint density at radius 3 is 2.63 bits per heavy atom. The van der Waals surface area contributed by atoms with Crippen LogP contribution in [0, 0.1) is 0 Å². The maximum absolute atomic E-state index is 5.94. The molecular weight excluding hydrogens is 374 g/mol. The van der Waals surface area contributed by atoms with E-state index >= 15 is 0 Å². The van der Waals surface area contributed by atoms with Crippen molar-refractivity contribution < 1.29 is 9.47 Å². The van der Waals surface area contributed by atoms with E-state index in [0.29, 0.717) is 23.8 Å². The fraction of sp³-hybridized carbons (Fsp3) is 0.143. The Kier molecular flexibility index (Phi) is 4.71. The monoisotopic (exact) mass is 385 g/mol. The van der Waals surface area contributed by atoms with Crippen LogP contribution in [0.25, 0.3) is 0 Å². The number of nitrogen functional groups attached to an aromatic ring is 1. The van der Waals surface area contributed by atoms with Crippen molar-refractivity contribution in [3.05, 3.63) is 50.9 Å². The smallest absolute Gasteiger partial charge is 0.175 e. The number of ether oxygens (including phenoxy) is 2. The number of methoxy groups -OCH3 is 1. The lowest BCUT2D eigenvalue weighted by atomic mass is 10.2. The van der Waals surface area contributed by atoms with Gasteiger partial charge in [-0.1, -0.05) is 28.1 Å². The molecule has 0 spiro atoms. The van der Waals surface area contributed by atoms with Gasteiger partial charge in [0.25, 0.3) is 0 Å². The molecule has 0 heterocycles. The first kappa shape index (κ1) is 14.2. The van der Waals surface area contributed by atoms with Crippen molar-refractivity contribution in [2.24, 2.45) is 0 Å². The molecule has 2 rings (SSSR count). The van der Waals surface area contributed by atoms with Gasteiger partial charge in [-0.25, -0.2) is 0 Å². The molecule has 0 aromatic heterocycles. The number of para-hydroxylation sites is 1. The van der Waals surface area contributed by atoms with Crippen LogP contribution in [-0.2, 0) is 6.61 Å². The molecule has 0 saturated carbocycles. The van der Waals surface area contributed by atoms with Gasteiger partial charge in [-0.2, -0.15) is 0 Å². The number of anilines is 1. The van der Waals surface area contributed by atoms with Gasteiger partial charge < -0.3 is 15.2 Å². The van der Waals surface area contributed by atoms with Gasteiger partial charge in [0.1, 0.15) is 6.61 Å². The van der Waals surface area contributed by atoms with E-state index in [2.05, 4.69) is 31.9 Å². The van der Waals surface area contributed by atoms with Crippen molar-refractivity contribution in [2.75, 3.05) is 12.8 Å². The maximum Gasteiger partial charge on any atom is 0.175 e. The fourth-order valence-corrected chi connectivity index (χ4v) is 2.48. The van der Waals surface area contributed by atoms with Crippen LogP contribution in [0.4, 0.5) is 5.69 Å². The average molecular weight is 387 g/mol. The summed E-state index contributed by atoms with van der Waals surface area (Å²) in [5.74, 6) is 1.36. The van der Waals surface area contributed by atoms with E-state index in [1.165, 1.54) is 0 Å². The molecule has 0 atom stereocenters. The third kappa shape index (κ3) is 3.42. The van der Waals surface area contributed by atoms with E-state index in [4.69, 9.17) is 15.2 Å². The van der Waals surface area contributed by atoms with Gasteiger partial charge in [0, 0.05) is 15.7 Å². The molecule has 5 heteroatoms. The summed E-state index contributed by atoms with van der Waals surface area (Å²) in [6, 6.07) is 11.4. The first-order valence-corrected chi connectivity index (χ1v) is 7.19. The molecular formula is C14H13Br2NO2. The standard InChI is InChI=1S/C14H13Br2NO2/c1-18-13-4-2-3-11(16)14(13)19-8-9-5-6-10(15)7-12(9)17/h2-7H,8,17H2,1H3. The SMILES string of the molecule is COc1cccc(Br)c1OCc1ccc(Br)cc1N. The van der Waals surface area contributed by atoms with Gasteiger partial charge in [-0.15, -0.1) is 0 Å². The molecule has 0 unspecified atom stereocenters. The van der Waals surface area contributed by atoms with Crippen LogP contribution in [-0.4, -0.2) is 7.11 Å². The van der Waals surface area contributed by atoms with Crippen molar-refractivity contribution >= 4 is 37.5 Å². The van der Waals surface area contributed by atoms with Crippen molar-refractivity contribution in [1.29, 1.82) is 0 Å². The first-order chi connectivity index (χ1) is 9.11. The van der Waals surface area contributed by atoms with Gasteiger partial charge >= 0.3 is 0 Å². The molecule has 0 saturated heterocycles. The third-order valence-electron chi connectivity index (χ3n) is 2.63. The number of rotatable bonds is 4. The Bertz CT molecular complexity index is 588. The van der Waals surface area contributed by atoms with Crippen LogP contribution in [0.5, 0.6) is 11.5 Å². The summed E-state index contributed by atoms with van der Waals surface area (Å²) in [6.07, 6.45) is 0. The highest BCUT2D eigenvalue weighted by atomic mass is 79.9. The molecule has 2 N–H and O–H groups in total. The molecule has 19 heavy (non-hydrogen) atoms. The lowest BCUT2D eigenvalue weighted by molar-refractivity contribution is 0.283. The Morgan fingerprint density at radius 2 is 1.95 bits per heavy atom. The van der Waals surface area contributed by atoms with Gasteiger partial charge in [-0.05, 0) is 40.2 Å². The normalized spacial score (nSPS) is 10.3. The summed E-state index contributed by atoms with van der Waals surface area (Å²) in [5, 5.41) is 0. The van der Waals surface area contributed by atoms with Crippen LogP contribution < -0.4 is 15.2 Å². The highest BCUT2D eigenvalue weighted by Crippen LogP contribution is 2.35. The quantitative estimate of drug-likeness (QED) is 0.793. The number of hydrogen-bond acceptors (Lipinski definition) is 3. The summed E-state index contributed by atoms with van der Waals surface area (Å²) in [5.41, 5.74) is 7.57. The minimum atomic E-state index is 0.387. The number of hydrogen-bond donors (Lipinski definition) is 1. The lowest BCUT2D eigenvalue weighted by Crippen LogP contribution is -2.01. The Balaban J connectivity index is 2.19. The molecule has 0 aliphatic heterocycles. The molecule has 0 aliphatic carbocycles. The predicted molar refractivity (Wildman–Crippen MR) is 83.6 cm³/mol. The second kappa shape index (κ2) is 6.30. The highest BCUT2D eigenvalue weighted by Gasteiger charge is 2.09. The second-order valence-electron chi connectivity index (χ2n) is 3.90. The van der Waals surface area contributed by atoms with Crippen molar-refractivity contribution in [2.45, 2.75) is 6.61 Å². The van der Waals surface area contributed by atoms with Crippen molar-refractivity contribution in [3.63, 3.8) is 0 Å². The molecule has 2 aromatic carbocycles. The van der Waals surface area contributed by atoms with Crippen molar-refractivity contribution in [3.8, 4) is 11.5 Å². The van der Waals surface area contributed by atoms with E-state index in [1.807, 2.05) is 36.4 Å². The van der Waals surface area contributed by atoms with Gasteiger partial charge in [-0.3, -0.25) is 0 Å². The van der Waals surface area contributed by atoms with Crippen molar-refractivity contribution in [1.82, 2.24) is 0 Å². The van der Waals surface area contributed by atoms with Crippen LogP contribution >= 0.6 is 31.9 Å². The fourth-order valence-electron chi connectivity index (χ4n) is 1.64. The van der Waals surface area contributed by atoms with Crippen LogP contribution in [0.1, 0.15) is 5.56 Å². The van der Waals surface area contributed by atoms with E-state index in [1.54, 1.807) is 7.11 Å². The Morgan fingerprint density at radius 1 is 1.16 bits per heavy atom. The van der Waals surface area contributed by atoms with Crippen LogP contribution in [0.3, 0.4) is 0 Å². The average Bonchev–Trinajstić information content (AvgIpc) is 2.39. The molecule has 0 radical (unpaired) electrons. The number of benzene rings is 2. The summed E-state index contributed by atoms with van der Waals surface area (Å²) in [7, 11) is 1.61. The minimum Gasteiger partial charge on any atom is -0.493 e. The zero-order valence-electron chi connectivity index (χ0n) is 10.3. The Hall–Kier alpha value is -1.20. The van der Waals surface area contributed by atoms with Crippen LogP contribution in [0.2, 0.25) is 0 Å². The number of halogens is 2. The minimum absolute atomic E-state index is 0.387. The van der Waals surface area contributed by atoms with Gasteiger partial charge in [0.15, 0.2) is 11.5 Å². The topological polar surface area (TPSA) is 44.5 Å². The predicted octanol–water partition coefficient (Wildman–Crippen LogP) is 4.38. The van der Waals surface area contributed by atoms with Gasteiger partial charge in [0.2, 0.25) is 0 Å². The second-order valence-corrected chi connectivity index (χ2v) is 5.67. The molecule has 0 amide bonds. The lowest BCUT2D eigenvalue weighted by Gasteiger charge is -2.13. The molecule has 3 nitrogen and oxygen atoms in total. The zero-order valence-corrected chi connectivity index (χ0v) is 13.5. The van der Waals surface area contributed by atoms with E-state index in [0.717, 1.165) is 14.5 Å². The van der Waals surface area contributed by atoms with E-state index in [9.17, 15) is 0 Å². The van der Waals surface area contributed by atoms with E-state index in [-0.39, 0.29) is 0 Å². The molecule has 0 bridgehead atoms. The largest absolute Gasteiger partial charge is 0.493 e. The highest BCUT2D eigenvalue weighted by molar-refractivity contribution is 9.10. The molecule has 2 aromatic rings. The molecule has 100 valence electrons. The summed E-state index contributed by atoms with van der Waals surface area (Å²) < 4.78 is 12.9.